The summed E-state index contributed by atoms with van der Waals surface area (Å²) in [5.74, 6) is 0.715. The number of ether oxygens (including phenoxy) is 1. The Labute approximate surface area is 180 Å². The number of amides is 2. The first-order valence-corrected chi connectivity index (χ1v) is 11.2. The van der Waals surface area contributed by atoms with Gasteiger partial charge in [-0.2, -0.15) is 4.31 Å². The van der Waals surface area contributed by atoms with Gasteiger partial charge in [0.15, 0.2) is 0 Å². The summed E-state index contributed by atoms with van der Waals surface area (Å²) in [7, 11) is -3.90. The molecule has 0 saturated carbocycles. The number of non-ortho nitro benzene ring substituents is 1. The maximum Gasteiger partial charge on any atom is 0.317 e. The van der Waals surface area contributed by atoms with Crippen LogP contribution < -0.4 is 10.1 Å². The second kappa shape index (κ2) is 9.75. The molecule has 0 atom stereocenters. The van der Waals surface area contributed by atoms with E-state index in [0.717, 1.165) is 6.07 Å². The lowest BCUT2D eigenvalue weighted by Gasteiger charge is -2.34. The summed E-state index contributed by atoms with van der Waals surface area (Å²) in [4.78, 5) is 24.2. The molecule has 11 heteroatoms. The van der Waals surface area contributed by atoms with E-state index in [0.29, 0.717) is 24.5 Å². The number of nitrogens with zero attached hydrogens (tertiary/aromatic N) is 3. The van der Waals surface area contributed by atoms with E-state index in [-0.39, 0.29) is 42.8 Å². The number of hydrogen-bond acceptors (Lipinski definition) is 6. The Balaban J connectivity index is 1.52. The Bertz CT molecular complexity index is 1040. The first-order valence-electron chi connectivity index (χ1n) is 9.75. The Hall–Kier alpha value is -3.18. The lowest BCUT2D eigenvalue weighted by Crippen LogP contribution is -2.53. The Kier molecular flexibility index (Phi) is 7.08. The number of sulfonamides is 1. The van der Waals surface area contributed by atoms with Crippen LogP contribution in [-0.4, -0.2) is 67.9 Å². The molecule has 1 aliphatic heterocycles. The molecule has 2 aromatic carbocycles. The number of carbonyl (C=O) groups is 1. The van der Waals surface area contributed by atoms with Crippen molar-refractivity contribution in [3.63, 3.8) is 0 Å². The summed E-state index contributed by atoms with van der Waals surface area (Å²) in [5.41, 5.74) is 0.157. The fourth-order valence-electron chi connectivity index (χ4n) is 3.21. The maximum absolute atomic E-state index is 13.0. The summed E-state index contributed by atoms with van der Waals surface area (Å²) < 4.78 is 32.7. The van der Waals surface area contributed by atoms with Crippen molar-refractivity contribution in [1.82, 2.24) is 14.5 Å². The highest BCUT2D eigenvalue weighted by Crippen LogP contribution is 2.25. The van der Waals surface area contributed by atoms with Crippen molar-refractivity contribution in [2.45, 2.75) is 11.8 Å². The van der Waals surface area contributed by atoms with Crippen LogP contribution in [0.4, 0.5) is 10.5 Å². The Morgan fingerprint density at radius 3 is 2.45 bits per heavy atom. The lowest BCUT2D eigenvalue weighted by molar-refractivity contribution is -0.385. The second-order valence-corrected chi connectivity index (χ2v) is 8.90. The molecule has 0 bridgehead atoms. The van der Waals surface area contributed by atoms with Crippen LogP contribution in [0.1, 0.15) is 5.56 Å². The number of para-hydroxylation sites is 1. The van der Waals surface area contributed by atoms with Crippen LogP contribution in [0.5, 0.6) is 5.75 Å². The third kappa shape index (κ3) is 5.50. The number of urea groups is 1. The standard InChI is InChI=1S/C20H24N4O6S/c1-16-7-8-17(24(26)27)15-19(16)31(28,29)23-12-10-22(11-13-23)20(25)21-9-14-30-18-5-3-2-4-6-18/h2-8,15H,9-14H2,1H3,(H,21,25). The average Bonchev–Trinajstić information content (AvgIpc) is 2.77. The molecular weight excluding hydrogens is 424 g/mol. The number of aryl methyl sites for hydroxylation is 1. The van der Waals surface area contributed by atoms with Gasteiger partial charge in [-0.15, -0.1) is 0 Å². The molecule has 3 rings (SSSR count). The topological polar surface area (TPSA) is 122 Å². The van der Waals surface area contributed by atoms with Gasteiger partial charge in [0.2, 0.25) is 10.0 Å². The van der Waals surface area contributed by atoms with Gasteiger partial charge in [-0.3, -0.25) is 10.1 Å². The molecule has 166 valence electrons. The predicted octanol–water partition coefficient (Wildman–Crippen LogP) is 2.00. The number of carbonyl (C=O) groups excluding carboxylic acids is 1. The van der Waals surface area contributed by atoms with Crippen LogP contribution in [0.2, 0.25) is 0 Å². The molecule has 1 fully saturated rings. The van der Waals surface area contributed by atoms with E-state index in [1.165, 1.54) is 21.3 Å². The fraction of sp³-hybridized carbons (Fsp3) is 0.350. The molecular formula is C20H24N4O6S. The quantitative estimate of drug-likeness (QED) is 0.393. The SMILES string of the molecule is Cc1ccc([N+](=O)[O-])cc1S(=O)(=O)N1CCN(C(=O)NCCOc2ccccc2)CC1. The van der Waals surface area contributed by atoms with Crippen molar-refractivity contribution >= 4 is 21.7 Å². The average molecular weight is 449 g/mol. The van der Waals surface area contributed by atoms with Gasteiger partial charge in [-0.05, 0) is 24.6 Å². The molecule has 0 aliphatic carbocycles. The second-order valence-electron chi connectivity index (χ2n) is 6.99. The van der Waals surface area contributed by atoms with Crippen molar-refractivity contribution in [2.24, 2.45) is 0 Å². The van der Waals surface area contributed by atoms with Crippen molar-refractivity contribution in [1.29, 1.82) is 0 Å². The van der Waals surface area contributed by atoms with Crippen molar-refractivity contribution in [2.75, 3.05) is 39.3 Å². The van der Waals surface area contributed by atoms with E-state index in [4.69, 9.17) is 4.74 Å². The summed E-state index contributed by atoms with van der Waals surface area (Å²) in [6, 6.07) is 12.7. The summed E-state index contributed by atoms with van der Waals surface area (Å²) in [5, 5.41) is 13.8. The Morgan fingerprint density at radius 2 is 1.81 bits per heavy atom. The molecule has 0 radical (unpaired) electrons. The molecule has 2 amide bonds. The Morgan fingerprint density at radius 1 is 1.13 bits per heavy atom. The molecule has 1 saturated heterocycles. The van der Waals surface area contributed by atoms with Crippen LogP contribution >= 0.6 is 0 Å². The number of benzene rings is 2. The van der Waals surface area contributed by atoms with Crippen LogP contribution in [0, 0.1) is 17.0 Å². The number of hydrogen-bond donors (Lipinski definition) is 1. The molecule has 0 spiro atoms. The summed E-state index contributed by atoms with van der Waals surface area (Å²) in [6.45, 7) is 2.89. The molecule has 31 heavy (non-hydrogen) atoms. The van der Waals surface area contributed by atoms with Crippen molar-refractivity contribution in [3.05, 3.63) is 64.2 Å². The third-order valence-electron chi connectivity index (χ3n) is 4.92. The highest BCUT2D eigenvalue weighted by molar-refractivity contribution is 7.89. The number of piperazine rings is 1. The van der Waals surface area contributed by atoms with Crippen LogP contribution in [-0.2, 0) is 10.0 Å². The van der Waals surface area contributed by atoms with Gasteiger partial charge in [0, 0.05) is 38.3 Å². The molecule has 10 nitrogen and oxygen atoms in total. The molecule has 0 aromatic heterocycles. The smallest absolute Gasteiger partial charge is 0.317 e. The minimum atomic E-state index is -3.90. The van der Waals surface area contributed by atoms with E-state index >= 15 is 0 Å². The lowest BCUT2D eigenvalue weighted by atomic mass is 10.2. The van der Waals surface area contributed by atoms with Crippen LogP contribution in [0.15, 0.2) is 53.4 Å². The third-order valence-corrected chi connectivity index (χ3v) is 6.96. The van der Waals surface area contributed by atoms with Crippen molar-refractivity contribution < 1.29 is 22.9 Å². The van der Waals surface area contributed by atoms with Gasteiger partial charge in [-0.25, -0.2) is 13.2 Å². The van der Waals surface area contributed by atoms with Crippen molar-refractivity contribution in [3.8, 4) is 5.75 Å². The predicted molar refractivity (Wildman–Crippen MR) is 114 cm³/mol. The van der Waals surface area contributed by atoms with Gasteiger partial charge in [0.05, 0.1) is 16.4 Å². The fourth-order valence-corrected chi connectivity index (χ4v) is 4.87. The molecule has 1 heterocycles. The summed E-state index contributed by atoms with van der Waals surface area (Å²) >= 11 is 0. The zero-order valence-corrected chi connectivity index (χ0v) is 17.9. The van der Waals surface area contributed by atoms with Gasteiger partial charge in [0.1, 0.15) is 12.4 Å². The van der Waals surface area contributed by atoms with Gasteiger partial charge in [-0.1, -0.05) is 24.3 Å². The maximum atomic E-state index is 13.0. The van der Waals surface area contributed by atoms with E-state index in [1.807, 2.05) is 30.3 Å². The minimum Gasteiger partial charge on any atom is -0.492 e. The normalized spacial score (nSPS) is 14.8. The number of nitro benzene ring substituents is 1. The van der Waals surface area contributed by atoms with Gasteiger partial charge in [0.25, 0.3) is 5.69 Å². The monoisotopic (exact) mass is 448 g/mol. The summed E-state index contributed by atoms with van der Waals surface area (Å²) in [6.07, 6.45) is 0. The van der Waals surface area contributed by atoms with Gasteiger partial charge < -0.3 is 15.0 Å². The first kappa shape index (κ1) is 22.5. The zero-order valence-electron chi connectivity index (χ0n) is 17.1. The van der Waals surface area contributed by atoms with Crippen LogP contribution in [0.25, 0.3) is 0 Å². The highest BCUT2D eigenvalue weighted by atomic mass is 32.2. The van der Waals surface area contributed by atoms with Crippen LogP contribution in [0.3, 0.4) is 0 Å². The van der Waals surface area contributed by atoms with Gasteiger partial charge >= 0.3 is 6.03 Å². The molecule has 2 aromatic rings. The molecule has 0 unspecified atom stereocenters. The first-order chi connectivity index (χ1) is 14.8. The molecule has 1 aliphatic rings. The largest absolute Gasteiger partial charge is 0.492 e. The number of rotatable bonds is 7. The van der Waals surface area contributed by atoms with E-state index < -0.39 is 14.9 Å². The minimum absolute atomic E-state index is 0.0855. The zero-order chi connectivity index (χ0) is 22.4. The molecule has 1 N–H and O–H groups in total. The van der Waals surface area contributed by atoms with E-state index in [9.17, 15) is 23.3 Å². The highest BCUT2D eigenvalue weighted by Gasteiger charge is 2.32. The van der Waals surface area contributed by atoms with E-state index in [1.54, 1.807) is 6.92 Å². The number of nitro groups is 1. The number of nitrogens with one attached hydrogen (secondary N) is 1. The van der Waals surface area contributed by atoms with E-state index in [2.05, 4.69) is 5.32 Å².